The third kappa shape index (κ3) is 3.18. The van der Waals surface area contributed by atoms with E-state index < -0.39 is 0 Å². The fourth-order valence-electron chi connectivity index (χ4n) is 3.74. The minimum absolute atomic E-state index is 0.0911. The molecule has 2 aromatic carbocycles. The average Bonchev–Trinajstić information content (AvgIpc) is 2.97. The topological polar surface area (TPSA) is 47.3 Å². The molecule has 0 saturated heterocycles. The SMILES string of the molecule is Cc1noc(C)c1-c1ccc2c(c1)C(c1ccccc1)OCNC(C)C2. The van der Waals surface area contributed by atoms with Crippen molar-refractivity contribution in [1.29, 1.82) is 0 Å². The van der Waals surface area contributed by atoms with Gasteiger partial charge in [0, 0.05) is 11.6 Å². The van der Waals surface area contributed by atoms with Gasteiger partial charge in [0.1, 0.15) is 11.9 Å². The number of benzene rings is 2. The lowest BCUT2D eigenvalue weighted by Gasteiger charge is -2.28. The Bertz CT molecular complexity index is 882. The van der Waals surface area contributed by atoms with Crippen molar-refractivity contribution in [1.82, 2.24) is 10.5 Å². The lowest BCUT2D eigenvalue weighted by atomic mass is 9.89. The predicted molar refractivity (Wildman–Crippen MR) is 102 cm³/mol. The zero-order chi connectivity index (χ0) is 18.1. The summed E-state index contributed by atoms with van der Waals surface area (Å²) >= 11 is 0. The van der Waals surface area contributed by atoms with Gasteiger partial charge in [-0.1, -0.05) is 47.6 Å². The van der Waals surface area contributed by atoms with Crippen LogP contribution in [0.5, 0.6) is 0 Å². The molecule has 4 nitrogen and oxygen atoms in total. The van der Waals surface area contributed by atoms with Crippen LogP contribution >= 0.6 is 0 Å². The lowest BCUT2D eigenvalue weighted by Crippen LogP contribution is -2.34. The average molecular weight is 348 g/mol. The van der Waals surface area contributed by atoms with Gasteiger partial charge in [0.25, 0.3) is 0 Å². The zero-order valence-corrected chi connectivity index (χ0v) is 15.5. The molecule has 4 heteroatoms. The van der Waals surface area contributed by atoms with Gasteiger partial charge in [-0.05, 0) is 55.5 Å². The van der Waals surface area contributed by atoms with Gasteiger partial charge in [-0.25, -0.2) is 0 Å². The fourth-order valence-corrected chi connectivity index (χ4v) is 3.74. The number of nitrogens with one attached hydrogen (secondary N) is 1. The molecule has 0 radical (unpaired) electrons. The number of hydrogen-bond acceptors (Lipinski definition) is 4. The van der Waals surface area contributed by atoms with E-state index in [1.807, 2.05) is 19.9 Å². The summed E-state index contributed by atoms with van der Waals surface area (Å²) in [5.74, 6) is 0.848. The van der Waals surface area contributed by atoms with Crippen molar-refractivity contribution in [2.45, 2.75) is 39.3 Å². The van der Waals surface area contributed by atoms with Crippen molar-refractivity contribution < 1.29 is 9.26 Å². The molecule has 0 amide bonds. The molecule has 1 aliphatic heterocycles. The number of ether oxygens (including phenoxy) is 1. The van der Waals surface area contributed by atoms with Gasteiger partial charge in [0.05, 0.1) is 12.4 Å². The molecular formula is C22H24N2O2. The smallest absolute Gasteiger partial charge is 0.141 e. The second-order valence-electron chi connectivity index (χ2n) is 7.02. The van der Waals surface area contributed by atoms with E-state index in [4.69, 9.17) is 9.26 Å². The summed E-state index contributed by atoms with van der Waals surface area (Å²) in [7, 11) is 0. The highest BCUT2D eigenvalue weighted by atomic mass is 16.5. The Hall–Kier alpha value is -2.43. The molecular weight excluding hydrogens is 324 g/mol. The van der Waals surface area contributed by atoms with E-state index in [2.05, 4.69) is 59.9 Å². The van der Waals surface area contributed by atoms with E-state index in [1.165, 1.54) is 16.7 Å². The number of nitrogens with zero attached hydrogens (tertiary/aromatic N) is 1. The van der Waals surface area contributed by atoms with Crippen LogP contribution < -0.4 is 5.32 Å². The van der Waals surface area contributed by atoms with Gasteiger partial charge in [0.2, 0.25) is 0 Å². The second-order valence-corrected chi connectivity index (χ2v) is 7.02. The highest BCUT2D eigenvalue weighted by Crippen LogP contribution is 2.35. The van der Waals surface area contributed by atoms with Crippen molar-refractivity contribution in [2.24, 2.45) is 0 Å². The van der Waals surface area contributed by atoms with E-state index in [0.717, 1.165) is 29.0 Å². The van der Waals surface area contributed by atoms with Crippen molar-refractivity contribution in [3.8, 4) is 11.1 Å². The van der Waals surface area contributed by atoms with Crippen molar-refractivity contribution >= 4 is 0 Å². The van der Waals surface area contributed by atoms with Gasteiger partial charge in [-0.3, -0.25) is 5.32 Å². The molecule has 134 valence electrons. The van der Waals surface area contributed by atoms with Crippen molar-refractivity contribution in [3.05, 3.63) is 76.7 Å². The molecule has 0 fully saturated rings. The maximum atomic E-state index is 6.25. The molecule has 0 saturated carbocycles. The molecule has 26 heavy (non-hydrogen) atoms. The Morgan fingerprint density at radius 2 is 1.88 bits per heavy atom. The van der Waals surface area contributed by atoms with Crippen LogP contribution in [0.3, 0.4) is 0 Å². The monoisotopic (exact) mass is 348 g/mol. The molecule has 1 N–H and O–H groups in total. The summed E-state index contributed by atoms with van der Waals surface area (Å²) in [4.78, 5) is 0. The van der Waals surface area contributed by atoms with Crippen molar-refractivity contribution in [3.63, 3.8) is 0 Å². The summed E-state index contributed by atoms with van der Waals surface area (Å²) in [5.41, 5.74) is 6.83. The normalized spacial score (nSPS) is 20.3. The molecule has 1 aromatic heterocycles. The Morgan fingerprint density at radius 3 is 2.62 bits per heavy atom. The standard InChI is InChI=1S/C22H24N2O2/c1-14-11-18-9-10-19(21-15(2)24-26-16(21)3)12-20(18)22(25-13-23-14)17-7-5-4-6-8-17/h4-10,12,14,22-23H,11,13H2,1-3H3. The zero-order valence-electron chi connectivity index (χ0n) is 15.5. The number of hydrogen-bond donors (Lipinski definition) is 1. The van der Waals surface area contributed by atoms with Gasteiger partial charge >= 0.3 is 0 Å². The van der Waals surface area contributed by atoms with Gasteiger partial charge < -0.3 is 9.26 Å². The van der Waals surface area contributed by atoms with Crippen LogP contribution in [0.15, 0.2) is 53.1 Å². The molecule has 2 atom stereocenters. The third-order valence-corrected chi connectivity index (χ3v) is 5.06. The first-order valence-electron chi connectivity index (χ1n) is 9.09. The molecule has 0 spiro atoms. The predicted octanol–water partition coefficient (Wildman–Crippen LogP) is 4.56. The maximum absolute atomic E-state index is 6.25. The fraction of sp³-hybridized carbons (Fsp3) is 0.318. The first kappa shape index (κ1) is 17.0. The van der Waals surface area contributed by atoms with Crippen LogP contribution in [0.4, 0.5) is 0 Å². The second kappa shape index (κ2) is 7.06. The third-order valence-electron chi connectivity index (χ3n) is 5.06. The van der Waals surface area contributed by atoms with Gasteiger partial charge in [-0.15, -0.1) is 0 Å². The first-order chi connectivity index (χ1) is 12.6. The van der Waals surface area contributed by atoms with Crippen LogP contribution in [0, 0.1) is 13.8 Å². The van der Waals surface area contributed by atoms with E-state index in [1.54, 1.807) is 0 Å². The number of fused-ring (bicyclic) bond motifs is 1. The largest absolute Gasteiger partial charge is 0.361 e. The molecule has 1 aliphatic rings. The van der Waals surface area contributed by atoms with E-state index in [9.17, 15) is 0 Å². The van der Waals surface area contributed by atoms with Crippen LogP contribution in [-0.2, 0) is 11.2 Å². The van der Waals surface area contributed by atoms with E-state index in [-0.39, 0.29) is 6.10 Å². The molecule has 0 aliphatic carbocycles. The maximum Gasteiger partial charge on any atom is 0.141 e. The van der Waals surface area contributed by atoms with Crippen LogP contribution in [0.25, 0.3) is 11.1 Å². The van der Waals surface area contributed by atoms with E-state index >= 15 is 0 Å². The summed E-state index contributed by atoms with van der Waals surface area (Å²) < 4.78 is 11.6. The summed E-state index contributed by atoms with van der Waals surface area (Å²) in [5, 5.41) is 7.55. The minimum Gasteiger partial charge on any atom is -0.361 e. The Morgan fingerprint density at radius 1 is 1.08 bits per heavy atom. The lowest BCUT2D eigenvalue weighted by molar-refractivity contribution is 0.0554. The Labute approximate surface area is 154 Å². The summed E-state index contributed by atoms with van der Waals surface area (Å²) in [6.45, 7) is 6.68. The number of rotatable bonds is 2. The summed E-state index contributed by atoms with van der Waals surface area (Å²) in [6.07, 6.45) is 0.885. The van der Waals surface area contributed by atoms with E-state index in [0.29, 0.717) is 12.8 Å². The highest BCUT2D eigenvalue weighted by Gasteiger charge is 2.23. The number of aryl methyl sites for hydroxylation is 2. The molecule has 2 heterocycles. The Kier molecular flexibility index (Phi) is 4.62. The highest BCUT2D eigenvalue weighted by molar-refractivity contribution is 5.69. The first-order valence-corrected chi connectivity index (χ1v) is 9.09. The number of aromatic nitrogens is 1. The summed E-state index contributed by atoms with van der Waals surface area (Å²) in [6, 6.07) is 17.4. The van der Waals surface area contributed by atoms with Crippen LogP contribution in [0.1, 0.15) is 41.2 Å². The van der Waals surface area contributed by atoms with Gasteiger partial charge in [-0.2, -0.15) is 0 Å². The molecule has 0 bridgehead atoms. The molecule has 4 rings (SSSR count). The van der Waals surface area contributed by atoms with Gasteiger partial charge in [0.15, 0.2) is 0 Å². The Balaban J connectivity index is 1.86. The van der Waals surface area contributed by atoms with Crippen LogP contribution in [-0.4, -0.2) is 17.9 Å². The van der Waals surface area contributed by atoms with Crippen LogP contribution in [0.2, 0.25) is 0 Å². The molecule has 2 unspecified atom stereocenters. The van der Waals surface area contributed by atoms with Crippen molar-refractivity contribution in [2.75, 3.05) is 6.73 Å². The quantitative estimate of drug-likeness (QED) is 0.738. The minimum atomic E-state index is -0.0911. The molecule has 3 aromatic rings.